The summed E-state index contributed by atoms with van der Waals surface area (Å²) < 4.78 is 0.407. The van der Waals surface area contributed by atoms with E-state index >= 15 is 0 Å². The van der Waals surface area contributed by atoms with E-state index in [1.807, 2.05) is 11.8 Å². The topological polar surface area (TPSA) is 12.0 Å². The molecular formula is C11H21NS. The lowest BCUT2D eigenvalue weighted by atomic mass is 9.96. The van der Waals surface area contributed by atoms with E-state index in [2.05, 4.69) is 37.6 Å². The molecule has 0 amide bonds. The summed E-state index contributed by atoms with van der Waals surface area (Å²) in [5.41, 5.74) is 0. The van der Waals surface area contributed by atoms with Crippen molar-refractivity contribution >= 4 is 11.8 Å². The van der Waals surface area contributed by atoms with Crippen molar-refractivity contribution in [3.05, 3.63) is 11.5 Å². The Morgan fingerprint density at radius 1 is 1.38 bits per heavy atom. The van der Waals surface area contributed by atoms with Gasteiger partial charge in [0.15, 0.2) is 0 Å². The van der Waals surface area contributed by atoms with E-state index in [0.717, 1.165) is 6.54 Å². The second kappa shape index (κ2) is 5.06. The van der Waals surface area contributed by atoms with Crippen LogP contribution in [0.3, 0.4) is 0 Å². The van der Waals surface area contributed by atoms with Crippen molar-refractivity contribution in [1.29, 1.82) is 0 Å². The minimum absolute atomic E-state index is 0.407. The lowest BCUT2D eigenvalue weighted by Gasteiger charge is -2.31. The SMILES string of the molecule is CCCNC1C=CSC1(C)CCC. The first-order valence-electron chi connectivity index (χ1n) is 5.31. The van der Waals surface area contributed by atoms with Gasteiger partial charge in [0.2, 0.25) is 0 Å². The van der Waals surface area contributed by atoms with Crippen molar-refractivity contribution in [3.8, 4) is 0 Å². The molecule has 0 bridgehead atoms. The fraction of sp³-hybridized carbons (Fsp3) is 0.818. The van der Waals surface area contributed by atoms with Gasteiger partial charge in [0.05, 0.1) is 0 Å². The highest BCUT2D eigenvalue weighted by Gasteiger charge is 2.34. The van der Waals surface area contributed by atoms with Crippen molar-refractivity contribution in [2.75, 3.05) is 6.54 Å². The number of rotatable bonds is 5. The molecule has 1 aliphatic rings. The van der Waals surface area contributed by atoms with Crippen LogP contribution in [0.15, 0.2) is 11.5 Å². The first-order chi connectivity index (χ1) is 6.23. The molecule has 0 saturated carbocycles. The van der Waals surface area contributed by atoms with Crippen molar-refractivity contribution < 1.29 is 0 Å². The van der Waals surface area contributed by atoms with Crippen LogP contribution in [0.4, 0.5) is 0 Å². The molecule has 1 rings (SSSR count). The molecule has 1 aliphatic heterocycles. The van der Waals surface area contributed by atoms with Crippen molar-refractivity contribution in [1.82, 2.24) is 5.32 Å². The predicted molar refractivity (Wildman–Crippen MR) is 62.1 cm³/mol. The lowest BCUT2D eigenvalue weighted by molar-refractivity contribution is 0.452. The van der Waals surface area contributed by atoms with Crippen LogP contribution in [0, 0.1) is 0 Å². The number of hydrogen-bond acceptors (Lipinski definition) is 2. The Balaban J connectivity index is 2.45. The maximum atomic E-state index is 3.60. The molecular weight excluding hydrogens is 178 g/mol. The third-order valence-electron chi connectivity index (χ3n) is 2.63. The fourth-order valence-corrected chi connectivity index (χ4v) is 3.02. The Bertz CT molecular complexity index is 179. The molecule has 13 heavy (non-hydrogen) atoms. The van der Waals surface area contributed by atoms with E-state index in [9.17, 15) is 0 Å². The number of hydrogen-bond donors (Lipinski definition) is 1. The molecule has 2 unspecified atom stereocenters. The van der Waals surface area contributed by atoms with Crippen molar-refractivity contribution in [2.45, 2.75) is 50.8 Å². The van der Waals surface area contributed by atoms with Crippen LogP contribution in [-0.2, 0) is 0 Å². The van der Waals surface area contributed by atoms with Crippen LogP contribution in [0.5, 0.6) is 0 Å². The Kier molecular flexibility index (Phi) is 4.33. The second-order valence-electron chi connectivity index (χ2n) is 3.94. The van der Waals surface area contributed by atoms with Gasteiger partial charge in [0, 0.05) is 10.8 Å². The summed E-state index contributed by atoms with van der Waals surface area (Å²) in [6, 6.07) is 0.581. The zero-order chi connectivity index (χ0) is 9.73. The molecule has 1 N–H and O–H groups in total. The highest BCUT2D eigenvalue weighted by atomic mass is 32.2. The monoisotopic (exact) mass is 199 g/mol. The van der Waals surface area contributed by atoms with Gasteiger partial charge in [-0.1, -0.05) is 26.3 Å². The maximum Gasteiger partial charge on any atom is 0.0407 e. The van der Waals surface area contributed by atoms with Crippen LogP contribution < -0.4 is 5.32 Å². The third kappa shape index (κ3) is 2.75. The summed E-state index contributed by atoms with van der Waals surface area (Å²) in [4.78, 5) is 0. The van der Waals surface area contributed by atoms with Gasteiger partial charge in [0.25, 0.3) is 0 Å². The van der Waals surface area contributed by atoms with Gasteiger partial charge in [-0.25, -0.2) is 0 Å². The zero-order valence-corrected chi connectivity index (χ0v) is 9.79. The van der Waals surface area contributed by atoms with Crippen molar-refractivity contribution in [3.63, 3.8) is 0 Å². The van der Waals surface area contributed by atoms with Gasteiger partial charge in [0.1, 0.15) is 0 Å². The van der Waals surface area contributed by atoms with Crippen molar-refractivity contribution in [2.24, 2.45) is 0 Å². The Labute approximate surface area is 86.4 Å². The standard InChI is InChI=1S/C11H21NS/c1-4-7-11(3)10(6-9-13-11)12-8-5-2/h6,9-10,12H,4-5,7-8H2,1-3H3. The van der Waals surface area contributed by atoms with Crippen LogP contribution in [-0.4, -0.2) is 17.3 Å². The number of thioether (sulfide) groups is 1. The molecule has 1 heterocycles. The Hall–Kier alpha value is 0.0500. The van der Waals surface area contributed by atoms with E-state index in [1.165, 1.54) is 19.3 Å². The summed E-state index contributed by atoms with van der Waals surface area (Å²) >= 11 is 1.98. The molecule has 0 aromatic heterocycles. The second-order valence-corrected chi connectivity index (χ2v) is 5.38. The lowest BCUT2D eigenvalue weighted by Crippen LogP contribution is -2.43. The summed E-state index contributed by atoms with van der Waals surface area (Å²) in [5, 5.41) is 5.85. The fourth-order valence-electron chi connectivity index (χ4n) is 1.84. The van der Waals surface area contributed by atoms with Crippen LogP contribution >= 0.6 is 11.8 Å². The predicted octanol–water partition coefficient (Wildman–Crippen LogP) is 3.17. The van der Waals surface area contributed by atoms with E-state index in [0.29, 0.717) is 10.8 Å². The van der Waals surface area contributed by atoms with Gasteiger partial charge in [-0.2, -0.15) is 0 Å². The van der Waals surface area contributed by atoms with Gasteiger partial charge >= 0.3 is 0 Å². The molecule has 0 spiro atoms. The molecule has 0 aromatic carbocycles. The minimum atomic E-state index is 0.407. The first kappa shape index (κ1) is 11.1. The average Bonchev–Trinajstić information content (AvgIpc) is 2.44. The summed E-state index contributed by atoms with van der Waals surface area (Å²) in [7, 11) is 0. The van der Waals surface area contributed by atoms with Crippen LogP contribution in [0.2, 0.25) is 0 Å². The molecule has 0 aromatic rings. The molecule has 0 fully saturated rings. The summed E-state index contributed by atoms with van der Waals surface area (Å²) in [6.45, 7) is 7.99. The van der Waals surface area contributed by atoms with E-state index in [1.54, 1.807) is 0 Å². The maximum absolute atomic E-state index is 3.60. The molecule has 0 saturated heterocycles. The largest absolute Gasteiger partial charge is 0.309 e. The minimum Gasteiger partial charge on any atom is -0.309 e. The molecule has 0 aliphatic carbocycles. The summed E-state index contributed by atoms with van der Waals surface area (Å²) in [6.07, 6.45) is 6.11. The van der Waals surface area contributed by atoms with Gasteiger partial charge < -0.3 is 5.32 Å². The van der Waals surface area contributed by atoms with Gasteiger partial charge in [-0.15, -0.1) is 11.8 Å². The third-order valence-corrected chi connectivity index (χ3v) is 3.92. The molecule has 76 valence electrons. The number of nitrogens with one attached hydrogen (secondary N) is 1. The highest BCUT2D eigenvalue weighted by Crippen LogP contribution is 2.39. The Morgan fingerprint density at radius 2 is 2.15 bits per heavy atom. The van der Waals surface area contributed by atoms with Gasteiger partial charge in [-0.05, 0) is 31.7 Å². The van der Waals surface area contributed by atoms with E-state index < -0.39 is 0 Å². The smallest absolute Gasteiger partial charge is 0.0407 e. The highest BCUT2D eigenvalue weighted by molar-refractivity contribution is 8.03. The Morgan fingerprint density at radius 3 is 2.77 bits per heavy atom. The molecule has 2 atom stereocenters. The summed E-state index contributed by atoms with van der Waals surface area (Å²) in [5.74, 6) is 0. The van der Waals surface area contributed by atoms with E-state index in [-0.39, 0.29) is 0 Å². The average molecular weight is 199 g/mol. The van der Waals surface area contributed by atoms with Gasteiger partial charge in [-0.3, -0.25) is 0 Å². The quantitative estimate of drug-likeness (QED) is 0.730. The first-order valence-corrected chi connectivity index (χ1v) is 6.18. The molecule has 1 nitrogen and oxygen atoms in total. The normalized spacial score (nSPS) is 32.7. The van der Waals surface area contributed by atoms with Crippen LogP contribution in [0.25, 0.3) is 0 Å². The zero-order valence-electron chi connectivity index (χ0n) is 8.97. The van der Waals surface area contributed by atoms with Crippen LogP contribution in [0.1, 0.15) is 40.0 Å². The van der Waals surface area contributed by atoms with E-state index in [4.69, 9.17) is 0 Å². The molecule has 0 radical (unpaired) electrons. The molecule has 2 heteroatoms.